The minimum atomic E-state index is -2.35. The van der Waals surface area contributed by atoms with Crippen molar-refractivity contribution in [2.75, 3.05) is 13.3 Å². The molecular formula is C46H34N3OP. The summed E-state index contributed by atoms with van der Waals surface area (Å²) in [6, 6.07) is 57.2. The van der Waals surface area contributed by atoms with Gasteiger partial charge in [-0.25, -0.2) is 9.50 Å². The van der Waals surface area contributed by atoms with Gasteiger partial charge >= 0.3 is 0 Å². The minimum absolute atomic E-state index is 0.682. The molecule has 0 bridgehead atoms. The van der Waals surface area contributed by atoms with E-state index < -0.39 is 7.14 Å². The summed E-state index contributed by atoms with van der Waals surface area (Å²) in [5.74, 6) is 0.682. The molecule has 9 rings (SSSR count). The fourth-order valence-corrected chi connectivity index (χ4v) is 8.12. The summed E-state index contributed by atoms with van der Waals surface area (Å²) in [5.41, 5.74) is 10.8. The summed E-state index contributed by atoms with van der Waals surface area (Å²) in [5, 5.41) is 10.6. The monoisotopic (exact) mass is 675 g/mol. The van der Waals surface area contributed by atoms with E-state index in [1.54, 1.807) is 0 Å². The van der Waals surface area contributed by atoms with Crippen LogP contribution in [0.1, 0.15) is 0 Å². The second-order valence-electron chi connectivity index (χ2n) is 13.4. The predicted molar refractivity (Wildman–Crippen MR) is 214 cm³/mol. The number of hydrogen-bond acceptors (Lipinski definition) is 3. The summed E-state index contributed by atoms with van der Waals surface area (Å²) < 4.78 is 14.7. The second-order valence-corrected chi connectivity index (χ2v) is 16.6. The minimum Gasteiger partial charge on any atom is -0.319 e. The maximum absolute atomic E-state index is 12.8. The van der Waals surface area contributed by atoms with Gasteiger partial charge in [-0.1, -0.05) is 158 Å². The third kappa shape index (κ3) is 5.55. The van der Waals surface area contributed by atoms with Crippen LogP contribution in [0.15, 0.2) is 170 Å². The van der Waals surface area contributed by atoms with Gasteiger partial charge in [0.15, 0.2) is 11.5 Å². The first kappa shape index (κ1) is 30.9. The molecule has 0 radical (unpaired) electrons. The number of pyridine rings is 1. The first-order chi connectivity index (χ1) is 24.9. The molecular weight excluding hydrogens is 642 g/mol. The van der Waals surface area contributed by atoms with Gasteiger partial charge in [0, 0.05) is 28.2 Å². The van der Waals surface area contributed by atoms with Crippen LogP contribution in [0.5, 0.6) is 0 Å². The molecule has 0 atom stereocenters. The molecule has 244 valence electrons. The molecule has 7 aromatic carbocycles. The Morgan fingerprint density at radius 1 is 0.471 bits per heavy atom. The molecule has 0 fully saturated rings. The van der Waals surface area contributed by atoms with Crippen molar-refractivity contribution in [2.24, 2.45) is 0 Å². The van der Waals surface area contributed by atoms with Gasteiger partial charge in [-0.3, -0.25) is 0 Å². The lowest BCUT2D eigenvalue weighted by Crippen LogP contribution is -2.01. The molecule has 0 saturated carbocycles. The topological polar surface area (TPSA) is 47.3 Å². The molecule has 0 spiro atoms. The Balaban J connectivity index is 1.17. The van der Waals surface area contributed by atoms with E-state index >= 15 is 0 Å². The highest BCUT2D eigenvalue weighted by molar-refractivity contribution is 7.70. The summed E-state index contributed by atoms with van der Waals surface area (Å²) in [4.78, 5) is 5.10. The van der Waals surface area contributed by atoms with Gasteiger partial charge in [0.1, 0.15) is 7.14 Å². The SMILES string of the molecule is CP(C)(=O)c1ccc(-c2c3ccccc3c(-c3ccc(-c4nc5c(-c6ccccc6)cc(-c6ccccc6)cn5n4)cc3)c3ccccc23)cc1. The van der Waals surface area contributed by atoms with Crippen molar-refractivity contribution < 1.29 is 4.57 Å². The number of aromatic nitrogens is 3. The molecule has 9 aromatic rings. The largest absolute Gasteiger partial charge is 0.319 e. The van der Waals surface area contributed by atoms with E-state index in [2.05, 4.69) is 146 Å². The smallest absolute Gasteiger partial charge is 0.182 e. The Morgan fingerprint density at radius 3 is 1.43 bits per heavy atom. The summed E-state index contributed by atoms with van der Waals surface area (Å²) in [6.07, 6.45) is 2.07. The number of nitrogens with zero attached hydrogens (tertiary/aromatic N) is 3. The van der Waals surface area contributed by atoms with Crippen molar-refractivity contribution in [3.8, 4) is 55.9 Å². The van der Waals surface area contributed by atoms with Crippen LogP contribution in [0.3, 0.4) is 0 Å². The standard InChI is InChI=1S/C46H34N3OP/c1-51(2,50)37-27-25-34(26-28-37)44-40-19-11-9-17-38(40)43(39-18-10-12-20-41(39)44)33-21-23-35(24-22-33)45-47-46-42(32-15-7-4-8-16-32)29-36(30-49(46)48-45)31-13-5-3-6-14-31/h3-30H,1-2H3. The van der Waals surface area contributed by atoms with Crippen LogP contribution < -0.4 is 5.30 Å². The third-order valence-electron chi connectivity index (χ3n) is 9.77. The summed E-state index contributed by atoms with van der Waals surface area (Å²) >= 11 is 0. The van der Waals surface area contributed by atoms with Gasteiger partial charge in [-0.05, 0) is 74.3 Å². The van der Waals surface area contributed by atoms with Crippen LogP contribution in [0, 0.1) is 0 Å². The van der Waals surface area contributed by atoms with Gasteiger partial charge < -0.3 is 4.57 Å². The molecule has 0 aliphatic carbocycles. The maximum Gasteiger partial charge on any atom is 0.182 e. The third-order valence-corrected chi connectivity index (χ3v) is 11.3. The highest BCUT2D eigenvalue weighted by Crippen LogP contribution is 2.44. The Labute approximate surface area is 297 Å². The molecule has 0 aliphatic heterocycles. The number of benzene rings is 7. The van der Waals surface area contributed by atoms with Gasteiger partial charge in [-0.15, -0.1) is 5.10 Å². The van der Waals surface area contributed by atoms with Crippen LogP contribution in [0.2, 0.25) is 0 Å². The average Bonchev–Trinajstić information content (AvgIpc) is 3.61. The van der Waals surface area contributed by atoms with Gasteiger partial charge in [-0.2, -0.15) is 0 Å². The van der Waals surface area contributed by atoms with E-state index in [-0.39, 0.29) is 0 Å². The summed E-state index contributed by atoms with van der Waals surface area (Å²) in [6.45, 7) is 3.64. The van der Waals surface area contributed by atoms with Crippen molar-refractivity contribution in [1.29, 1.82) is 0 Å². The van der Waals surface area contributed by atoms with E-state index in [1.807, 2.05) is 42.1 Å². The Morgan fingerprint density at radius 2 is 0.922 bits per heavy atom. The molecule has 51 heavy (non-hydrogen) atoms. The van der Waals surface area contributed by atoms with Gasteiger partial charge in [0.25, 0.3) is 0 Å². The maximum atomic E-state index is 12.8. The highest BCUT2D eigenvalue weighted by atomic mass is 31.2. The van der Waals surface area contributed by atoms with E-state index in [4.69, 9.17) is 10.1 Å². The lowest BCUT2D eigenvalue weighted by atomic mass is 9.86. The average molecular weight is 676 g/mol. The van der Waals surface area contributed by atoms with Crippen LogP contribution >= 0.6 is 7.14 Å². The molecule has 5 heteroatoms. The van der Waals surface area contributed by atoms with Crippen molar-refractivity contribution in [3.05, 3.63) is 170 Å². The Bertz CT molecular complexity index is 2710. The molecule has 4 nitrogen and oxygen atoms in total. The fourth-order valence-electron chi connectivity index (χ4n) is 7.25. The van der Waals surface area contributed by atoms with E-state index in [0.29, 0.717) is 5.82 Å². The van der Waals surface area contributed by atoms with Crippen molar-refractivity contribution in [1.82, 2.24) is 14.6 Å². The first-order valence-electron chi connectivity index (χ1n) is 17.1. The molecule has 2 heterocycles. The quantitative estimate of drug-likeness (QED) is 0.130. The number of rotatable bonds is 6. The van der Waals surface area contributed by atoms with E-state index in [9.17, 15) is 4.57 Å². The van der Waals surface area contributed by atoms with Crippen LogP contribution in [0.4, 0.5) is 0 Å². The van der Waals surface area contributed by atoms with Crippen LogP contribution in [-0.2, 0) is 4.57 Å². The van der Waals surface area contributed by atoms with E-state index in [0.717, 1.165) is 49.9 Å². The second kappa shape index (κ2) is 12.4. The zero-order valence-corrected chi connectivity index (χ0v) is 29.3. The molecule has 0 aliphatic rings. The zero-order chi connectivity index (χ0) is 34.5. The van der Waals surface area contributed by atoms with Crippen molar-refractivity contribution in [3.63, 3.8) is 0 Å². The van der Waals surface area contributed by atoms with Crippen molar-refractivity contribution in [2.45, 2.75) is 0 Å². The normalized spacial score (nSPS) is 11.8. The van der Waals surface area contributed by atoms with Crippen LogP contribution in [0.25, 0.3) is 83.1 Å². The van der Waals surface area contributed by atoms with Gasteiger partial charge in [0.2, 0.25) is 0 Å². The van der Waals surface area contributed by atoms with Gasteiger partial charge in [0.05, 0.1) is 0 Å². The van der Waals surface area contributed by atoms with Crippen LogP contribution in [-0.4, -0.2) is 27.9 Å². The molecule has 0 saturated heterocycles. The molecule has 2 aromatic heterocycles. The Kier molecular flexibility index (Phi) is 7.49. The highest BCUT2D eigenvalue weighted by Gasteiger charge is 2.19. The molecule has 0 amide bonds. The predicted octanol–water partition coefficient (Wildman–Crippen LogP) is 11.6. The summed E-state index contributed by atoms with van der Waals surface area (Å²) in [7, 11) is -2.35. The Hall–Kier alpha value is -6.09. The zero-order valence-electron chi connectivity index (χ0n) is 28.4. The number of hydrogen-bond donors (Lipinski definition) is 0. The van der Waals surface area contributed by atoms with E-state index in [1.165, 1.54) is 32.7 Å². The lowest BCUT2D eigenvalue weighted by Gasteiger charge is -2.18. The molecule has 0 N–H and O–H groups in total. The first-order valence-corrected chi connectivity index (χ1v) is 19.7. The number of fused-ring (bicyclic) bond motifs is 3. The molecule has 0 unspecified atom stereocenters. The fraction of sp³-hybridized carbons (Fsp3) is 0.0435. The van der Waals surface area contributed by atoms with Crippen molar-refractivity contribution >= 4 is 39.6 Å². The lowest BCUT2D eigenvalue weighted by molar-refractivity contribution is 0.588.